The first kappa shape index (κ1) is 21.8. The second kappa shape index (κ2) is 9.12. The maximum atomic E-state index is 13.1. The van der Waals surface area contributed by atoms with Crippen molar-refractivity contribution in [3.8, 4) is 5.69 Å². The number of hydrogen-bond donors (Lipinski definition) is 0. The Morgan fingerprint density at radius 1 is 0.857 bits per heavy atom. The molecule has 6 rings (SSSR count). The molecule has 170 valence electrons. The molecule has 1 unspecified atom stereocenters. The van der Waals surface area contributed by atoms with E-state index in [1.54, 1.807) is 0 Å². The molecule has 4 aromatic rings. The van der Waals surface area contributed by atoms with Gasteiger partial charge >= 0.3 is 0 Å². The Kier molecular flexibility index (Phi) is 5.67. The lowest BCUT2D eigenvalue weighted by atomic mass is 9.87. The summed E-state index contributed by atoms with van der Waals surface area (Å²) in [5.74, 6) is -0.255. The van der Waals surface area contributed by atoms with Crippen LogP contribution in [0.2, 0.25) is 0 Å². The van der Waals surface area contributed by atoms with Gasteiger partial charge in [-0.1, -0.05) is 94.8 Å². The quantitative estimate of drug-likeness (QED) is 0.270. The van der Waals surface area contributed by atoms with Crippen LogP contribution in [0.25, 0.3) is 27.5 Å². The first-order chi connectivity index (χ1) is 17.2. The Labute approximate surface area is 212 Å². The summed E-state index contributed by atoms with van der Waals surface area (Å²) < 4.78 is 3.43. The first-order valence-corrected chi connectivity index (χ1v) is 12.6. The molecule has 1 aromatic heterocycles. The van der Waals surface area contributed by atoms with Gasteiger partial charge in [0.2, 0.25) is 0 Å². The fourth-order valence-corrected chi connectivity index (χ4v) is 5.37. The average Bonchev–Trinajstić information content (AvgIpc) is 3.24. The van der Waals surface area contributed by atoms with Gasteiger partial charge in [0.15, 0.2) is 0 Å². The molecule has 0 radical (unpaired) electrons. The van der Waals surface area contributed by atoms with Crippen LogP contribution in [0.4, 0.5) is 0 Å². The van der Waals surface area contributed by atoms with E-state index < -0.39 is 0 Å². The molecule has 0 N–H and O–H groups in total. The molecule has 0 bridgehead atoms. The first-order valence-electron chi connectivity index (χ1n) is 11.8. The van der Waals surface area contributed by atoms with Crippen molar-refractivity contribution < 1.29 is 4.79 Å². The van der Waals surface area contributed by atoms with Crippen LogP contribution in [0, 0.1) is 0 Å². The van der Waals surface area contributed by atoms with E-state index in [9.17, 15) is 4.79 Å². The zero-order chi connectivity index (χ0) is 23.8. The monoisotopic (exact) mass is 518 g/mol. The normalized spacial score (nSPS) is 18.8. The number of amides is 1. The Morgan fingerprint density at radius 3 is 2.49 bits per heavy atom. The summed E-state index contributed by atoms with van der Waals surface area (Å²) in [6.45, 7) is 0. The predicted octanol–water partition coefficient (Wildman–Crippen LogP) is 7.96. The van der Waals surface area contributed by atoms with Crippen LogP contribution in [0.15, 0.2) is 124 Å². The molecule has 2 aliphatic rings. The third-order valence-electron chi connectivity index (χ3n) is 6.68. The van der Waals surface area contributed by atoms with Gasteiger partial charge in [0.1, 0.15) is 0 Å². The number of halogens is 1. The maximum absolute atomic E-state index is 13.1. The van der Waals surface area contributed by atoms with Crippen LogP contribution in [-0.2, 0) is 4.79 Å². The van der Waals surface area contributed by atoms with Gasteiger partial charge < -0.3 is 4.57 Å². The molecular formula is C31H23BrN2O. The Morgan fingerprint density at radius 2 is 1.66 bits per heavy atom. The van der Waals surface area contributed by atoms with Gasteiger partial charge in [-0.05, 0) is 53.2 Å². The highest BCUT2D eigenvalue weighted by atomic mass is 79.9. The van der Waals surface area contributed by atoms with E-state index in [1.807, 2.05) is 36.4 Å². The van der Waals surface area contributed by atoms with Gasteiger partial charge in [0, 0.05) is 28.0 Å². The molecule has 1 amide bonds. The summed E-state index contributed by atoms with van der Waals surface area (Å²) in [7, 11) is 0. The van der Waals surface area contributed by atoms with E-state index in [0.29, 0.717) is 6.42 Å². The number of para-hydroxylation sites is 2. The summed E-state index contributed by atoms with van der Waals surface area (Å²) in [4.78, 5) is 17.7. The van der Waals surface area contributed by atoms with E-state index in [0.717, 1.165) is 44.5 Å². The van der Waals surface area contributed by atoms with Crippen molar-refractivity contribution >= 4 is 49.4 Å². The molecule has 3 aromatic carbocycles. The standard InChI is InChI=1S/C31H23BrN2O/c32-22-19-17-21(18-20-22)31(35)33-27-14-6-4-11-24(27)25-13-8-16-29-30(25)26-12-5-7-15-28(26)34(29)23-9-2-1-3-10-23/h1-17,19,24H,18,20H2. The fourth-order valence-electron chi connectivity index (χ4n) is 5.04. The topological polar surface area (TPSA) is 34.4 Å². The minimum Gasteiger partial charge on any atom is -0.309 e. The summed E-state index contributed by atoms with van der Waals surface area (Å²) in [6.07, 6.45) is 13.5. The summed E-state index contributed by atoms with van der Waals surface area (Å²) in [5.41, 5.74) is 6.12. The summed E-state index contributed by atoms with van der Waals surface area (Å²) >= 11 is 3.51. The number of aliphatic imine (C=N–C) groups is 1. The number of aromatic nitrogens is 1. The molecule has 0 aliphatic heterocycles. The van der Waals surface area contributed by atoms with Gasteiger partial charge in [-0.15, -0.1) is 0 Å². The SMILES string of the molecule is O=C(N=C1C=CC=CC1c1cccc2c1c1ccccc1n2-c1ccccc1)C1=CC=C(Br)CC1. The third-order valence-corrected chi connectivity index (χ3v) is 7.34. The van der Waals surface area contributed by atoms with Gasteiger partial charge in [0.05, 0.1) is 16.7 Å². The fraction of sp³-hybridized carbons (Fsp3) is 0.0968. The van der Waals surface area contributed by atoms with Gasteiger partial charge in [0.25, 0.3) is 5.91 Å². The smallest absolute Gasteiger partial charge is 0.273 e. The van der Waals surface area contributed by atoms with Crippen LogP contribution in [0.3, 0.4) is 0 Å². The lowest BCUT2D eigenvalue weighted by molar-refractivity contribution is -0.114. The highest BCUT2D eigenvalue weighted by Gasteiger charge is 2.23. The number of hydrogen-bond acceptors (Lipinski definition) is 1. The van der Waals surface area contributed by atoms with Gasteiger partial charge in [-0.25, -0.2) is 4.99 Å². The van der Waals surface area contributed by atoms with Gasteiger partial charge in [-0.2, -0.15) is 0 Å². The molecule has 0 spiro atoms. The maximum Gasteiger partial charge on any atom is 0.273 e. The molecule has 4 heteroatoms. The average molecular weight is 519 g/mol. The van der Waals surface area contributed by atoms with E-state index in [1.165, 1.54) is 10.8 Å². The summed E-state index contributed by atoms with van der Waals surface area (Å²) in [6, 6.07) is 25.4. The zero-order valence-corrected chi connectivity index (χ0v) is 20.7. The number of benzene rings is 3. The number of allylic oxidation sites excluding steroid dienone is 7. The van der Waals surface area contributed by atoms with E-state index >= 15 is 0 Å². The molecule has 1 atom stereocenters. The van der Waals surface area contributed by atoms with Crippen LogP contribution >= 0.6 is 15.9 Å². The number of carbonyl (C=O) groups excluding carboxylic acids is 1. The predicted molar refractivity (Wildman–Crippen MR) is 149 cm³/mol. The summed E-state index contributed by atoms with van der Waals surface area (Å²) in [5, 5.41) is 2.39. The van der Waals surface area contributed by atoms with Gasteiger partial charge in [-0.3, -0.25) is 4.79 Å². The number of nitrogens with zero attached hydrogens (tertiary/aromatic N) is 2. The minimum absolute atomic E-state index is 0.103. The van der Waals surface area contributed by atoms with Crippen molar-refractivity contribution in [3.63, 3.8) is 0 Å². The van der Waals surface area contributed by atoms with Crippen LogP contribution in [0.1, 0.15) is 24.3 Å². The minimum atomic E-state index is -0.153. The number of fused-ring (bicyclic) bond motifs is 3. The Balaban J connectivity index is 1.53. The lowest BCUT2D eigenvalue weighted by Crippen LogP contribution is -2.14. The van der Waals surface area contributed by atoms with Crippen molar-refractivity contribution in [2.24, 2.45) is 4.99 Å². The van der Waals surface area contributed by atoms with Crippen LogP contribution < -0.4 is 0 Å². The lowest BCUT2D eigenvalue weighted by Gasteiger charge is -2.18. The second-order valence-electron chi connectivity index (χ2n) is 8.80. The molecule has 0 saturated heterocycles. The van der Waals surface area contributed by atoms with Crippen LogP contribution in [0.5, 0.6) is 0 Å². The van der Waals surface area contributed by atoms with Crippen LogP contribution in [-0.4, -0.2) is 16.2 Å². The van der Waals surface area contributed by atoms with Crippen molar-refractivity contribution in [2.45, 2.75) is 18.8 Å². The third kappa shape index (κ3) is 3.94. The highest BCUT2D eigenvalue weighted by Crippen LogP contribution is 2.38. The van der Waals surface area contributed by atoms with E-state index in [4.69, 9.17) is 0 Å². The van der Waals surface area contributed by atoms with Crippen molar-refractivity contribution in [1.29, 1.82) is 0 Å². The molecular weight excluding hydrogens is 496 g/mol. The van der Waals surface area contributed by atoms with Crippen molar-refractivity contribution in [3.05, 3.63) is 125 Å². The molecule has 2 aliphatic carbocycles. The Bertz CT molecular complexity index is 1620. The molecule has 0 saturated carbocycles. The van der Waals surface area contributed by atoms with Crippen molar-refractivity contribution in [1.82, 2.24) is 4.57 Å². The zero-order valence-electron chi connectivity index (χ0n) is 19.1. The van der Waals surface area contributed by atoms with E-state index in [-0.39, 0.29) is 11.8 Å². The second-order valence-corrected chi connectivity index (χ2v) is 9.82. The van der Waals surface area contributed by atoms with E-state index in [2.05, 4.69) is 98.3 Å². The number of rotatable bonds is 3. The number of carbonyl (C=O) groups is 1. The molecule has 1 heterocycles. The molecule has 3 nitrogen and oxygen atoms in total. The van der Waals surface area contributed by atoms with Crippen molar-refractivity contribution in [2.75, 3.05) is 0 Å². The highest BCUT2D eigenvalue weighted by molar-refractivity contribution is 9.11. The molecule has 35 heavy (non-hydrogen) atoms. The molecule has 0 fully saturated rings. The largest absolute Gasteiger partial charge is 0.309 e. The Hall–Kier alpha value is -3.76.